The van der Waals surface area contributed by atoms with E-state index in [4.69, 9.17) is 16.1 Å². The van der Waals surface area contributed by atoms with Gasteiger partial charge in [0.05, 0.1) is 11.4 Å². The first-order chi connectivity index (χ1) is 16.8. The molecule has 0 bridgehead atoms. The summed E-state index contributed by atoms with van der Waals surface area (Å²) in [7, 11) is 0. The zero-order chi connectivity index (χ0) is 25.1. The van der Waals surface area contributed by atoms with Crippen LogP contribution in [0.1, 0.15) is 19.2 Å². The Morgan fingerprint density at radius 2 is 1.89 bits per heavy atom. The van der Waals surface area contributed by atoms with Gasteiger partial charge >= 0.3 is 5.69 Å². The zero-order valence-corrected chi connectivity index (χ0v) is 18.9. The molecule has 0 saturated heterocycles. The van der Waals surface area contributed by atoms with Crippen LogP contribution in [0, 0.1) is 11.6 Å². The van der Waals surface area contributed by atoms with Crippen LogP contribution in [0.25, 0.3) is 17.2 Å². The highest BCUT2D eigenvalue weighted by Crippen LogP contribution is 2.16. The van der Waals surface area contributed by atoms with Crippen LogP contribution >= 0.6 is 11.6 Å². The maximum atomic E-state index is 13.7. The SMILES string of the molecule is CCn1c(=O)c(-c2noc(CCC(=O)Nc3ccc(F)cc3F)n2)nn(-c2ccc(Cl)cc2)c1=O. The molecule has 2 heterocycles. The summed E-state index contributed by atoms with van der Waals surface area (Å²) in [5, 5.41) is 10.7. The number of rotatable bonds is 7. The normalized spacial score (nSPS) is 11.0. The van der Waals surface area contributed by atoms with Crippen molar-refractivity contribution in [1.82, 2.24) is 24.5 Å². The first kappa shape index (κ1) is 24.0. The molecule has 2 aromatic heterocycles. The topological polar surface area (TPSA) is 125 Å². The first-order valence-electron chi connectivity index (χ1n) is 10.3. The van der Waals surface area contributed by atoms with Crippen molar-refractivity contribution in [1.29, 1.82) is 0 Å². The van der Waals surface area contributed by atoms with Crippen LogP contribution < -0.4 is 16.6 Å². The molecule has 0 aliphatic carbocycles. The number of carbonyl (C=O) groups excluding carboxylic acids is 1. The Kier molecular flexibility index (Phi) is 6.82. The van der Waals surface area contributed by atoms with E-state index in [2.05, 4.69) is 20.6 Å². The number of hydrogen-bond acceptors (Lipinski definition) is 7. The average molecular weight is 503 g/mol. The molecule has 2 aromatic carbocycles. The number of benzene rings is 2. The minimum atomic E-state index is -0.910. The van der Waals surface area contributed by atoms with Crippen LogP contribution in [-0.4, -0.2) is 30.4 Å². The van der Waals surface area contributed by atoms with Crippen molar-refractivity contribution >= 4 is 23.2 Å². The minimum absolute atomic E-state index is 0.0169. The molecule has 35 heavy (non-hydrogen) atoms. The molecule has 10 nitrogen and oxygen atoms in total. The fourth-order valence-electron chi connectivity index (χ4n) is 3.16. The van der Waals surface area contributed by atoms with Crippen molar-refractivity contribution in [3.63, 3.8) is 0 Å². The van der Waals surface area contributed by atoms with Crippen molar-refractivity contribution in [2.75, 3.05) is 5.32 Å². The quantitative estimate of drug-likeness (QED) is 0.412. The van der Waals surface area contributed by atoms with Crippen LogP contribution in [0.15, 0.2) is 56.6 Å². The summed E-state index contributed by atoms with van der Waals surface area (Å²) < 4.78 is 33.8. The molecule has 0 fully saturated rings. The Morgan fingerprint density at radius 1 is 1.14 bits per heavy atom. The van der Waals surface area contributed by atoms with Crippen LogP contribution in [0.5, 0.6) is 0 Å². The van der Waals surface area contributed by atoms with Gasteiger partial charge in [0.2, 0.25) is 17.6 Å². The molecule has 0 aliphatic rings. The third-order valence-corrected chi connectivity index (χ3v) is 5.15. The van der Waals surface area contributed by atoms with E-state index < -0.39 is 28.8 Å². The van der Waals surface area contributed by atoms with Gasteiger partial charge in [-0.1, -0.05) is 16.8 Å². The second-order valence-corrected chi connectivity index (χ2v) is 7.69. The molecule has 0 aliphatic heterocycles. The molecule has 4 rings (SSSR count). The first-order valence-corrected chi connectivity index (χ1v) is 10.7. The molecule has 4 aromatic rings. The summed E-state index contributed by atoms with van der Waals surface area (Å²) in [6.07, 6.45) is -0.185. The Morgan fingerprint density at radius 3 is 2.57 bits per heavy atom. The number of nitrogens with one attached hydrogen (secondary N) is 1. The Bertz CT molecular complexity index is 1510. The van der Waals surface area contributed by atoms with Gasteiger partial charge in [-0.3, -0.25) is 14.2 Å². The van der Waals surface area contributed by atoms with E-state index in [1.165, 1.54) is 0 Å². The third-order valence-electron chi connectivity index (χ3n) is 4.90. The number of aromatic nitrogens is 5. The number of hydrogen-bond donors (Lipinski definition) is 1. The van der Waals surface area contributed by atoms with E-state index in [1.807, 2.05) is 0 Å². The van der Waals surface area contributed by atoms with Gasteiger partial charge in [0, 0.05) is 30.5 Å². The molecule has 180 valence electrons. The van der Waals surface area contributed by atoms with Crippen LogP contribution in [-0.2, 0) is 17.8 Å². The summed E-state index contributed by atoms with van der Waals surface area (Å²) in [5.74, 6) is -2.40. The second kappa shape index (κ2) is 9.97. The number of anilines is 1. The summed E-state index contributed by atoms with van der Waals surface area (Å²) in [4.78, 5) is 41.8. The van der Waals surface area contributed by atoms with Crippen LogP contribution in [0.3, 0.4) is 0 Å². The average Bonchev–Trinajstić information content (AvgIpc) is 3.30. The van der Waals surface area contributed by atoms with E-state index in [-0.39, 0.29) is 42.5 Å². The number of amides is 1. The number of halogens is 3. The molecule has 1 N–H and O–H groups in total. The van der Waals surface area contributed by atoms with Crippen molar-refractivity contribution in [3.05, 3.63) is 85.9 Å². The van der Waals surface area contributed by atoms with Crippen molar-refractivity contribution in [2.45, 2.75) is 26.3 Å². The van der Waals surface area contributed by atoms with Gasteiger partial charge in [0.1, 0.15) is 11.6 Å². The molecule has 0 unspecified atom stereocenters. The monoisotopic (exact) mass is 502 g/mol. The highest BCUT2D eigenvalue weighted by molar-refractivity contribution is 6.30. The molecule has 0 atom stereocenters. The van der Waals surface area contributed by atoms with Gasteiger partial charge in [-0.25, -0.2) is 13.6 Å². The highest BCUT2D eigenvalue weighted by Gasteiger charge is 2.20. The van der Waals surface area contributed by atoms with E-state index >= 15 is 0 Å². The van der Waals surface area contributed by atoms with E-state index in [9.17, 15) is 23.2 Å². The lowest BCUT2D eigenvalue weighted by Gasteiger charge is -2.09. The van der Waals surface area contributed by atoms with Gasteiger partial charge in [-0.05, 0) is 43.3 Å². The number of carbonyl (C=O) groups is 1. The predicted molar refractivity (Wildman–Crippen MR) is 121 cm³/mol. The summed E-state index contributed by atoms with van der Waals surface area (Å²) in [6.45, 7) is 1.70. The smallest absolute Gasteiger partial charge is 0.339 e. The molecule has 13 heteroatoms. The second-order valence-electron chi connectivity index (χ2n) is 7.25. The lowest BCUT2D eigenvalue weighted by atomic mass is 10.2. The zero-order valence-electron chi connectivity index (χ0n) is 18.2. The van der Waals surface area contributed by atoms with E-state index in [1.54, 1.807) is 31.2 Å². The van der Waals surface area contributed by atoms with Gasteiger partial charge in [-0.2, -0.15) is 14.8 Å². The maximum Gasteiger partial charge on any atom is 0.352 e. The van der Waals surface area contributed by atoms with Crippen LogP contribution in [0.2, 0.25) is 5.02 Å². The highest BCUT2D eigenvalue weighted by atomic mass is 35.5. The largest absolute Gasteiger partial charge is 0.352 e. The maximum absolute atomic E-state index is 13.7. The van der Waals surface area contributed by atoms with E-state index in [0.717, 1.165) is 21.4 Å². The van der Waals surface area contributed by atoms with Crippen molar-refractivity contribution < 1.29 is 18.1 Å². The molecular formula is C22H17ClF2N6O4. The number of nitrogens with zero attached hydrogens (tertiary/aromatic N) is 5. The van der Waals surface area contributed by atoms with Crippen LogP contribution in [0.4, 0.5) is 14.5 Å². The Labute approximate surface area is 200 Å². The molecule has 0 radical (unpaired) electrons. The molecule has 0 saturated carbocycles. The minimum Gasteiger partial charge on any atom is -0.339 e. The molecule has 1 amide bonds. The Balaban J connectivity index is 1.56. The third kappa shape index (κ3) is 5.17. The van der Waals surface area contributed by atoms with Gasteiger partial charge in [0.25, 0.3) is 5.56 Å². The van der Waals surface area contributed by atoms with Gasteiger partial charge in [-0.15, -0.1) is 0 Å². The van der Waals surface area contributed by atoms with E-state index in [0.29, 0.717) is 16.8 Å². The Hall–Kier alpha value is -4.19. The van der Waals surface area contributed by atoms with Crippen molar-refractivity contribution in [3.8, 4) is 17.2 Å². The fourth-order valence-corrected chi connectivity index (χ4v) is 3.29. The van der Waals surface area contributed by atoms with Gasteiger partial charge < -0.3 is 9.84 Å². The lowest BCUT2D eigenvalue weighted by molar-refractivity contribution is -0.116. The lowest BCUT2D eigenvalue weighted by Crippen LogP contribution is -2.41. The molecular weight excluding hydrogens is 486 g/mol. The van der Waals surface area contributed by atoms with Crippen molar-refractivity contribution in [2.24, 2.45) is 0 Å². The number of aryl methyl sites for hydroxylation is 1. The summed E-state index contributed by atoms with van der Waals surface area (Å²) in [6, 6.07) is 9.04. The van der Waals surface area contributed by atoms with Gasteiger partial charge in [0.15, 0.2) is 5.69 Å². The standard InChI is InChI=1S/C22H17ClF2N6O4/c1-2-30-21(33)19(28-31(22(30)34)14-6-3-12(23)4-7-14)20-27-18(35-29-20)10-9-17(32)26-16-8-5-13(24)11-15(16)25/h3-8,11H,2,9-10H2,1H3,(H,26,32). The summed E-state index contributed by atoms with van der Waals surface area (Å²) in [5.41, 5.74) is -1.39. The summed E-state index contributed by atoms with van der Waals surface area (Å²) >= 11 is 5.91. The predicted octanol–water partition coefficient (Wildman–Crippen LogP) is 2.97. The fraction of sp³-hybridized carbons (Fsp3) is 0.182. The molecule has 0 spiro atoms.